The highest BCUT2D eigenvalue weighted by Gasteiger charge is 2.27. The van der Waals surface area contributed by atoms with Crippen LogP contribution in [0.2, 0.25) is 0 Å². The average Bonchev–Trinajstić information content (AvgIpc) is 2.93. The number of rotatable bonds is 7. The second kappa shape index (κ2) is 8.25. The van der Waals surface area contributed by atoms with E-state index in [2.05, 4.69) is 12.2 Å². The molecule has 0 heterocycles. The molecule has 0 aliphatic heterocycles. The second-order valence-corrected chi connectivity index (χ2v) is 6.22. The lowest BCUT2D eigenvalue weighted by molar-refractivity contribution is -0.122. The summed E-state index contributed by atoms with van der Waals surface area (Å²) in [6.45, 7) is 2.18. The first kappa shape index (κ1) is 16.9. The third-order valence-electron chi connectivity index (χ3n) is 4.59. The van der Waals surface area contributed by atoms with Gasteiger partial charge in [0.1, 0.15) is 0 Å². The highest BCUT2D eigenvalue weighted by Crippen LogP contribution is 2.30. The summed E-state index contributed by atoms with van der Waals surface area (Å²) in [4.78, 5) is 12.1. The molecule has 0 aromatic heterocycles. The molecule has 1 aromatic rings. The number of amides is 1. The zero-order chi connectivity index (χ0) is 15.9. The Labute approximate surface area is 131 Å². The van der Waals surface area contributed by atoms with Gasteiger partial charge >= 0.3 is 0 Å². The van der Waals surface area contributed by atoms with E-state index in [0.29, 0.717) is 5.92 Å². The third-order valence-corrected chi connectivity index (χ3v) is 4.59. The van der Waals surface area contributed by atoms with Crippen LogP contribution in [0.25, 0.3) is 0 Å². The molecule has 1 N–H and O–H groups in total. The minimum absolute atomic E-state index is 0.0583. The normalized spacial score (nSPS) is 21.0. The average molecular weight is 309 g/mol. The lowest BCUT2D eigenvalue weighted by Gasteiger charge is -2.21. The van der Waals surface area contributed by atoms with E-state index in [9.17, 15) is 13.6 Å². The van der Waals surface area contributed by atoms with E-state index in [0.717, 1.165) is 18.9 Å². The van der Waals surface area contributed by atoms with Crippen molar-refractivity contribution in [2.45, 2.75) is 64.3 Å². The fourth-order valence-electron chi connectivity index (χ4n) is 3.31. The summed E-state index contributed by atoms with van der Waals surface area (Å²) in [5, 5.41) is 3.09. The van der Waals surface area contributed by atoms with Gasteiger partial charge in [-0.2, -0.15) is 0 Å². The Bertz CT molecular complexity index is 504. The summed E-state index contributed by atoms with van der Waals surface area (Å²) < 4.78 is 26.7. The molecule has 1 aromatic carbocycles. The van der Waals surface area contributed by atoms with Gasteiger partial charge in [-0.3, -0.25) is 4.79 Å². The number of unbranched alkanes of at least 4 members (excludes halogenated alkanes) is 1. The lowest BCUT2D eigenvalue weighted by atomic mass is 9.96. The van der Waals surface area contributed by atoms with Crippen molar-refractivity contribution in [3.05, 3.63) is 35.4 Å². The Hall–Kier alpha value is -1.45. The highest BCUT2D eigenvalue weighted by atomic mass is 19.2. The molecule has 1 saturated carbocycles. The maximum atomic E-state index is 13.6. The number of hydrogen-bond donors (Lipinski definition) is 1. The first-order valence-corrected chi connectivity index (χ1v) is 8.34. The Kier molecular flexibility index (Phi) is 6.34. The van der Waals surface area contributed by atoms with Gasteiger partial charge in [-0.05, 0) is 43.2 Å². The van der Waals surface area contributed by atoms with Gasteiger partial charge in [0.2, 0.25) is 5.91 Å². The molecule has 0 spiro atoms. The molecule has 122 valence electrons. The van der Waals surface area contributed by atoms with Crippen LogP contribution in [0.15, 0.2) is 18.2 Å². The smallest absolute Gasteiger partial charge is 0.220 e. The minimum Gasteiger partial charge on any atom is -0.353 e. The van der Waals surface area contributed by atoms with Gasteiger partial charge in [-0.1, -0.05) is 38.3 Å². The Morgan fingerprint density at radius 2 is 2.14 bits per heavy atom. The van der Waals surface area contributed by atoms with Crippen LogP contribution in [0.3, 0.4) is 0 Å². The van der Waals surface area contributed by atoms with Gasteiger partial charge in [0.05, 0.1) is 0 Å². The van der Waals surface area contributed by atoms with Gasteiger partial charge < -0.3 is 5.32 Å². The molecule has 0 radical (unpaired) electrons. The molecule has 22 heavy (non-hydrogen) atoms. The van der Waals surface area contributed by atoms with Crippen LogP contribution >= 0.6 is 0 Å². The monoisotopic (exact) mass is 309 g/mol. The molecule has 1 aliphatic carbocycles. The third kappa shape index (κ3) is 4.52. The summed E-state index contributed by atoms with van der Waals surface area (Å²) >= 11 is 0. The largest absolute Gasteiger partial charge is 0.353 e. The van der Waals surface area contributed by atoms with Crippen LogP contribution in [0.1, 0.15) is 57.4 Å². The molecule has 0 saturated heterocycles. The number of nitrogens with one attached hydrogen (secondary N) is 1. The predicted octanol–water partition coefficient (Wildman–Crippen LogP) is 4.37. The minimum atomic E-state index is -0.853. The Morgan fingerprint density at radius 1 is 1.32 bits per heavy atom. The molecule has 1 aliphatic rings. The maximum Gasteiger partial charge on any atom is 0.220 e. The van der Waals surface area contributed by atoms with Crippen molar-refractivity contribution in [2.24, 2.45) is 5.92 Å². The zero-order valence-electron chi connectivity index (χ0n) is 13.2. The fraction of sp³-hybridized carbons (Fsp3) is 0.611. The van der Waals surface area contributed by atoms with Gasteiger partial charge in [0.25, 0.3) is 0 Å². The van der Waals surface area contributed by atoms with E-state index in [1.807, 2.05) is 0 Å². The zero-order valence-corrected chi connectivity index (χ0v) is 13.2. The molecule has 2 atom stereocenters. The van der Waals surface area contributed by atoms with Gasteiger partial charge in [0, 0.05) is 12.5 Å². The van der Waals surface area contributed by atoms with Crippen molar-refractivity contribution in [3.8, 4) is 0 Å². The molecule has 1 amide bonds. The van der Waals surface area contributed by atoms with Crippen LogP contribution < -0.4 is 5.32 Å². The van der Waals surface area contributed by atoms with Crippen LogP contribution in [-0.2, 0) is 11.2 Å². The summed E-state index contributed by atoms with van der Waals surface area (Å²) in [6.07, 6.45) is 7.37. The van der Waals surface area contributed by atoms with E-state index in [1.54, 1.807) is 0 Å². The number of halogens is 2. The van der Waals surface area contributed by atoms with Crippen molar-refractivity contribution in [3.63, 3.8) is 0 Å². The topological polar surface area (TPSA) is 29.1 Å². The molecule has 2 nitrogen and oxygen atoms in total. The number of carbonyl (C=O) groups is 1. The predicted molar refractivity (Wildman–Crippen MR) is 83.5 cm³/mol. The molecule has 1 fully saturated rings. The quantitative estimate of drug-likeness (QED) is 0.796. The Balaban J connectivity index is 1.81. The van der Waals surface area contributed by atoms with E-state index in [4.69, 9.17) is 0 Å². The first-order valence-electron chi connectivity index (χ1n) is 8.34. The van der Waals surface area contributed by atoms with Crippen molar-refractivity contribution >= 4 is 5.91 Å². The van der Waals surface area contributed by atoms with Crippen molar-refractivity contribution in [2.75, 3.05) is 0 Å². The number of hydrogen-bond acceptors (Lipinski definition) is 1. The summed E-state index contributed by atoms with van der Waals surface area (Å²) in [5.41, 5.74) is 0.268. The van der Waals surface area contributed by atoms with Crippen LogP contribution in [-0.4, -0.2) is 11.9 Å². The Morgan fingerprint density at radius 3 is 2.91 bits per heavy atom. The molecule has 4 heteroatoms. The fourth-order valence-corrected chi connectivity index (χ4v) is 3.31. The molecule has 2 rings (SSSR count). The SMILES string of the molecule is CCCCC1CCCC1NC(=O)CCc1cccc(F)c1F. The van der Waals surface area contributed by atoms with Crippen molar-refractivity contribution in [1.29, 1.82) is 0 Å². The highest BCUT2D eigenvalue weighted by molar-refractivity contribution is 5.76. The second-order valence-electron chi connectivity index (χ2n) is 6.22. The van der Waals surface area contributed by atoms with Gasteiger partial charge in [0.15, 0.2) is 11.6 Å². The van der Waals surface area contributed by atoms with Gasteiger partial charge in [-0.25, -0.2) is 8.78 Å². The lowest BCUT2D eigenvalue weighted by Crippen LogP contribution is -2.37. The van der Waals surface area contributed by atoms with Crippen molar-refractivity contribution in [1.82, 2.24) is 5.32 Å². The summed E-state index contributed by atoms with van der Waals surface area (Å²) in [7, 11) is 0. The number of aryl methyl sites for hydroxylation is 1. The molecular weight excluding hydrogens is 284 g/mol. The van der Waals surface area contributed by atoms with Crippen LogP contribution in [0, 0.1) is 17.6 Å². The molecular formula is C18H25F2NO. The molecule has 2 unspecified atom stereocenters. The van der Waals surface area contributed by atoms with E-state index in [1.165, 1.54) is 37.8 Å². The van der Waals surface area contributed by atoms with Crippen molar-refractivity contribution < 1.29 is 13.6 Å². The summed E-state index contributed by atoms with van der Waals surface area (Å²) in [6, 6.07) is 4.36. The molecule has 0 bridgehead atoms. The summed E-state index contributed by atoms with van der Waals surface area (Å²) in [5.74, 6) is -1.17. The standard InChI is InChI=1S/C18H25F2NO/c1-2-3-6-13-7-5-10-16(13)21-17(22)12-11-14-8-4-9-15(19)18(14)20/h4,8-9,13,16H,2-3,5-7,10-12H2,1H3,(H,21,22). The van der Waals surface area contributed by atoms with E-state index < -0.39 is 11.6 Å². The van der Waals surface area contributed by atoms with E-state index in [-0.39, 0.29) is 30.4 Å². The maximum absolute atomic E-state index is 13.6. The van der Waals surface area contributed by atoms with Gasteiger partial charge in [-0.15, -0.1) is 0 Å². The number of carbonyl (C=O) groups excluding carboxylic acids is 1. The van der Waals surface area contributed by atoms with E-state index >= 15 is 0 Å². The van der Waals surface area contributed by atoms with Crippen LogP contribution in [0.5, 0.6) is 0 Å². The van der Waals surface area contributed by atoms with Crippen LogP contribution in [0.4, 0.5) is 8.78 Å². The number of benzene rings is 1. The first-order chi connectivity index (χ1) is 10.6.